The second kappa shape index (κ2) is 6.07. The third-order valence-corrected chi connectivity index (χ3v) is 4.08. The number of benzene rings is 1. The molecular weight excluding hydrogens is 340 g/mol. The third-order valence-electron chi connectivity index (χ3n) is 4.08. The van der Waals surface area contributed by atoms with Gasteiger partial charge in [-0.05, 0) is 18.2 Å². The van der Waals surface area contributed by atoms with Crippen LogP contribution in [0.1, 0.15) is 0 Å². The van der Waals surface area contributed by atoms with E-state index in [0.29, 0.717) is 27.8 Å². The highest BCUT2D eigenvalue weighted by Gasteiger charge is 2.15. The van der Waals surface area contributed by atoms with Crippen LogP contribution in [0.5, 0.6) is 0 Å². The Morgan fingerprint density at radius 3 is 2.85 bits per heavy atom. The zero-order chi connectivity index (χ0) is 18.3. The van der Waals surface area contributed by atoms with Crippen LogP contribution in [0.2, 0.25) is 0 Å². The molecule has 3 heterocycles. The summed E-state index contributed by atoms with van der Waals surface area (Å²) in [5, 5.41) is 3.57. The number of aromatic amines is 1. The molecule has 0 radical (unpaired) electrons. The van der Waals surface area contributed by atoms with Crippen molar-refractivity contribution in [2.24, 2.45) is 7.05 Å². The molecule has 0 amide bonds. The zero-order valence-corrected chi connectivity index (χ0v) is 13.6. The zero-order valence-electron chi connectivity index (χ0n) is 13.6. The Hall–Kier alpha value is -3.55. The molecule has 0 unspecified atom stereocenters. The molecule has 0 aliphatic heterocycles. The van der Waals surface area contributed by atoms with Crippen LogP contribution in [0.3, 0.4) is 0 Å². The van der Waals surface area contributed by atoms with E-state index in [9.17, 15) is 13.6 Å². The molecule has 1 aromatic carbocycles. The summed E-state index contributed by atoms with van der Waals surface area (Å²) in [6.45, 7) is 0. The number of rotatable bonds is 3. The summed E-state index contributed by atoms with van der Waals surface area (Å²) in [5.74, 6) is -1.06. The maximum absolute atomic E-state index is 14.0. The van der Waals surface area contributed by atoms with E-state index in [1.807, 2.05) is 0 Å². The molecule has 6 nitrogen and oxygen atoms in total. The fraction of sp³-hybridized carbons (Fsp3) is 0.0556. The van der Waals surface area contributed by atoms with E-state index in [4.69, 9.17) is 0 Å². The molecule has 26 heavy (non-hydrogen) atoms. The summed E-state index contributed by atoms with van der Waals surface area (Å²) in [4.78, 5) is 23.4. The lowest BCUT2D eigenvalue weighted by Gasteiger charge is -2.13. The van der Waals surface area contributed by atoms with Crippen molar-refractivity contribution < 1.29 is 8.78 Å². The second-order valence-electron chi connectivity index (χ2n) is 5.76. The van der Waals surface area contributed by atoms with Crippen molar-refractivity contribution in [1.82, 2.24) is 19.5 Å². The molecule has 0 atom stereocenters. The monoisotopic (exact) mass is 353 g/mol. The fourth-order valence-corrected chi connectivity index (χ4v) is 2.83. The van der Waals surface area contributed by atoms with Gasteiger partial charge in [0.25, 0.3) is 5.56 Å². The lowest BCUT2D eigenvalue weighted by molar-refractivity contribution is 0.586. The van der Waals surface area contributed by atoms with Gasteiger partial charge in [0, 0.05) is 48.2 Å². The Labute approximate surface area is 146 Å². The minimum Gasteiger partial charge on any atom is -0.357 e. The highest BCUT2D eigenvalue weighted by molar-refractivity contribution is 5.97. The molecule has 0 bridgehead atoms. The van der Waals surface area contributed by atoms with E-state index in [2.05, 4.69) is 20.3 Å². The molecular formula is C18H13F2N5O. The van der Waals surface area contributed by atoms with E-state index in [1.54, 1.807) is 31.7 Å². The molecule has 0 saturated carbocycles. The van der Waals surface area contributed by atoms with Gasteiger partial charge in [-0.1, -0.05) is 0 Å². The molecule has 2 N–H and O–H groups in total. The van der Waals surface area contributed by atoms with Crippen molar-refractivity contribution in [3.63, 3.8) is 0 Å². The van der Waals surface area contributed by atoms with Gasteiger partial charge in [-0.3, -0.25) is 4.79 Å². The van der Waals surface area contributed by atoms with Crippen molar-refractivity contribution in [1.29, 1.82) is 0 Å². The number of fused-ring (bicyclic) bond motifs is 1. The van der Waals surface area contributed by atoms with Gasteiger partial charge in [-0.15, -0.1) is 0 Å². The molecule has 3 aromatic heterocycles. The topological polar surface area (TPSA) is 75.6 Å². The molecule has 0 aliphatic rings. The fourth-order valence-electron chi connectivity index (χ4n) is 2.83. The van der Waals surface area contributed by atoms with E-state index >= 15 is 0 Å². The van der Waals surface area contributed by atoms with Gasteiger partial charge in [0.2, 0.25) is 0 Å². The van der Waals surface area contributed by atoms with Gasteiger partial charge < -0.3 is 14.9 Å². The Bertz CT molecular complexity index is 1180. The van der Waals surface area contributed by atoms with Crippen molar-refractivity contribution in [2.45, 2.75) is 0 Å². The number of nitrogens with zero attached hydrogens (tertiary/aromatic N) is 3. The number of hydrogen-bond acceptors (Lipinski definition) is 4. The van der Waals surface area contributed by atoms with Crippen LogP contribution in [0.25, 0.3) is 22.0 Å². The van der Waals surface area contributed by atoms with E-state index in [1.165, 1.54) is 17.0 Å². The number of hydrogen-bond donors (Lipinski definition) is 2. The molecule has 130 valence electrons. The predicted octanol–water partition coefficient (Wildman–Crippen LogP) is 3.35. The Balaban J connectivity index is 1.88. The Morgan fingerprint density at radius 1 is 1.19 bits per heavy atom. The Morgan fingerprint density at radius 2 is 2.04 bits per heavy atom. The maximum Gasteiger partial charge on any atom is 0.274 e. The van der Waals surface area contributed by atoms with Crippen LogP contribution in [0.15, 0.2) is 54.0 Å². The SMILES string of the molecule is Cn1cc(-c2cncnc2Nc2ccc(F)cc2F)c2cc[nH]c2c1=O. The standard InChI is InChI=1S/C18H13F2N5O/c1-25-8-13(11-4-5-22-16(11)18(25)26)12-7-21-9-23-17(12)24-15-3-2-10(19)6-14(15)20/h2-9,22H,1H3,(H,21,23,24). The third kappa shape index (κ3) is 2.61. The van der Waals surface area contributed by atoms with E-state index in [0.717, 1.165) is 12.1 Å². The lowest BCUT2D eigenvalue weighted by Crippen LogP contribution is -2.16. The van der Waals surface area contributed by atoms with Crippen LogP contribution >= 0.6 is 0 Å². The lowest BCUT2D eigenvalue weighted by atomic mass is 10.1. The summed E-state index contributed by atoms with van der Waals surface area (Å²) in [7, 11) is 1.64. The second-order valence-corrected chi connectivity index (χ2v) is 5.76. The molecule has 4 aromatic rings. The first-order valence-electron chi connectivity index (χ1n) is 7.74. The average Bonchev–Trinajstić information content (AvgIpc) is 3.11. The average molecular weight is 353 g/mol. The molecule has 0 saturated heterocycles. The van der Waals surface area contributed by atoms with Crippen LogP contribution in [0, 0.1) is 11.6 Å². The van der Waals surface area contributed by atoms with Crippen LogP contribution < -0.4 is 10.9 Å². The first-order valence-corrected chi connectivity index (χ1v) is 7.74. The van der Waals surface area contributed by atoms with Gasteiger partial charge in [-0.2, -0.15) is 0 Å². The van der Waals surface area contributed by atoms with Gasteiger partial charge in [0.15, 0.2) is 0 Å². The number of nitrogens with one attached hydrogen (secondary N) is 2. The number of pyridine rings is 1. The number of H-pyrrole nitrogens is 1. The van der Waals surface area contributed by atoms with Gasteiger partial charge in [0.05, 0.1) is 5.69 Å². The molecule has 0 spiro atoms. The van der Waals surface area contributed by atoms with Gasteiger partial charge in [-0.25, -0.2) is 18.7 Å². The first-order chi connectivity index (χ1) is 12.5. The van der Waals surface area contributed by atoms with Gasteiger partial charge in [0.1, 0.15) is 29.3 Å². The summed E-state index contributed by atoms with van der Waals surface area (Å²) in [6.07, 6.45) is 6.24. The smallest absolute Gasteiger partial charge is 0.274 e. The number of aryl methyl sites for hydroxylation is 1. The maximum atomic E-state index is 14.0. The molecule has 4 rings (SSSR count). The van der Waals surface area contributed by atoms with E-state index in [-0.39, 0.29) is 11.2 Å². The highest BCUT2D eigenvalue weighted by Crippen LogP contribution is 2.32. The first kappa shape index (κ1) is 15.9. The van der Waals surface area contributed by atoms with Crippen molar-refractivity contribution in [3.8, 4) is 11.1 Å². The molecule has 8 heteroatoms. The molecule has 0 fully saturated rings. The number of aromatic nitrogens is 4. The Kier molecular flexibility index (Phi) is 3.72. The van der Waals surface area contributed by atoms with Crippen molar-refractivity contribution in [2.75, 3.05) is 5.32 Å². The van der Waals surface area contributed by atoms with Crippen LogP contribution in [-0.2, 0) is 7.05 Å². The minimum absolute atomic E-state index is 0.0847. The quantitative estimate of drug-likeness (QED) is 0.592. The summed E-state index contributed by atoms with van der Waals surface area (Å²) in [5.41, 5.74) is 1.66. The highest BCUT2D eigenvalue weighted by atomic mass is 19.1. The minimum atomic E-state index is -0.734. The summed E-state index contributed by atoms with van der Waals surface area (Å²) < 4.78 is 28.6. The van der Waals surface area contributed by atoms with Crippen molar-refractivity contribution in [3.05, 3.63) is 71.2 Å². The molecule has 0 aliphatic carbocycles. The van der Waals surface area contributed by atoms with E-state index < -0.39 is 11.6 Å². The number of anilines is 2. The van der Waals surface area contributed by atoms with Gasteiger partial charge >= 0.3 is 0 Å². The predicted molar refractivity (Wildman–Crippen MR) is 94.2 cm³/mol. The number of halogens is 2. The van der Waals surface area contributed by atoms with Crippen molar-refractivity contribution >= 4 is 22.4 Å². The summed E-state index contributed by atoms with van der Waals surface area (Å²) >= 11 is 0. The van der Waals surface area contributed by atoms with Crippen LogP contribution in [-0.4, -0.2) is 19.5 Å². The van der Waals surface area contributed by atoms with Crippen LogP contribution in [0.4, 0.5) is 20.3 Å². The normalized spacial score (nSPS) is 11.0. The largest absolute Gasteiger partial charge is 0.357 e. The summed E-state index contributed by atoms with van der Waals surface area (Å²) in [6, 6.07) is 5.02.